The highest BCUT2D eigenvalue weighted by atomic mass is 16.5. The van der Waals surface area contributed by atoms with E-state index in [1.165, 1.54) is 4.90 Å². The smallest absolute Gasteiger partial charge is 0.324 e. The van der Waals surface area contributed by atoms with Crippen LogP contribution in [-0.4, -0.2) is 66.7 Å². The van der Waals surface area contributed by atoms with E-state index in [1.54, 1.807) is 0 Å². The molecule has 0 saturated carbocycles. The highest BCUT2D eigenvalue weighted by molar-refractivity contribution is 6.02. The molecule has 6 nitrogen and oxygen atoms in total. The standard InChI is InChI=1S/C13H21N3O3/c17-12-9-14-13(18)16(12)11-1-5-15(6-2-11)10-3-7-19-8-4-10/h10-11H,1-9H2,(H,14,18). The van der Waals surface area contributed by atoms with Crippen molar-refractivity contribution in [1.29, 1.82) is 0 Å². The maximum Gasteiger partial charge on any atom is 0.324 e. The van der Waals surface area contributed by atoms with Crippen molar-refractivity contribution in [3.05, 3.63) is 0 Å². The summed E-state index contributed by atoms with van der Waals surface area (Å²) in [7, 11) is 0. The fourth-order valence-electron chi connectivity index (χ4n) is 3.36. The van der Waals surface area contributed by atoms with Crippen LogP contribution >= 0.6 is 0 Å². The van der Waals surface area contributed by atoms with Gasteiger partial charge in [0, 0.05) is 38.4 Å². The van der Waals surface area contributed by atoms with Crippen LogP contribution in [0.5, 0.6) is 0 Å². The molecule has 0 aromatic heterocycles. The summed E-state index contributed by atoms with van der Waals surface area (Å²) in [5.41, 5.74) is 0. The Morgan fingerprint density at radius 1 is 1.00 bits per heavy atom. The quantitative estimate of drug-likeness (QED) is 0.725. The zero-order valence-electron chi connectivity index (χ0n) is 11.1. The summed E-state index contributed by atoms with van der Waals surface area (Å²) in [6.07, 6.45) is 4.01. The first-order valence-electron chi connectivity index (χ1n) is 7.17. The number of hydrogen-bond acceptors (Lipinski definition) is 4. The van der Waals surface area contributed by atoms with Gasteiger partial charge >= 0.3 is 6.03 Å². The minimum absolute atomic E-state index is 0.0745. The summed E-state index contributed by atoms with van der Waals surface area (Å²) in [5, 5.41) is 2.60. The second-order valence-corrected chi connectivity index (χ2v) is 5.53. The van der Waals surface area contributed by atoms with E-state index in [2.05, 4.69) is 10.2 Å². The SMILES string of the molecule is O=C1CNC(=O)N1C1CCN(C2CCOCC2)CC1. The third kappa shape index (κ3) is 2.60. The first kappa shape index (κ1) is 12.9. The number of piperidine rings is 1. The Balaban J connectivity index is 1.54. The average molecular weight is 267 g/mol. The first-order valence-corrected chi connectivity index (χ1v) is 7.17. The topological polar surface area (TPSA) is 61.9 Å². The fourth-order valence-corrected chi connectivity index (χ4v) is 3.36. The van der Waals surface area contributed by atoms with Crippen LogP contribution in [0.25, 0.3) is 0 Å². The molecule has 6 heteroatoms. The van der Waals surface area contributed by atoms with Crippen molar-refractivity contribution in [2.75, 3.05) is 32.8 Å². The van der Waals surface area contributed by atoms with Crippen molar-refractivity contribution < 1.29 is 14.3 Å². The first-order chi connectivity index (χ1) is 9.25. The molecule has 3 aliphatic heterocycles. The lowest BCUT2D eigenvalue weighted by atomic mass is 9.99. The van der Waals surface area contributed by atoms with Gasteiger partial charge in [-0.15, -0.1) is 0 Å². The molecule has 3 fully saturated rings. The van der Waals surface area contributed by atoms with E-state index in [-0.39, 0.29) is 24.5 Å². The van der Waals surface area contributed by atoms with Crippen LogP contribution in [0.3, 0.4) is 0 Å². The number of nitrogens with one attached hydrogen (secondary N) is 1. The summed E-state index contributed by atoms with van der Waals surface area (Å²) >= 11 is 0. The Bertz CT molecular complexity index is 344. The molecule has 3 saturated heterocycles. The van der Waals surface area contributed by atoms with Crippen LogP contribution in [0.4, 0.5) is 4.79 Å². The van der Waals surface area contributed by atoms with E-state index in [0.29, 0.717) is 6.04 Å². The number of hydrogen-bond donors (Lipinski definition) is 1. The molecule has 0 aliphatic carbocycles. The zero-order chi connectivity index (χ0) is 13.2. The molecule has 0 spiro atoms. The molecule has 1 N–H and O–H groups in total. The van der Waals surface area contributed by atoms with Crippen LogP contribution in [0, 0.1) is 0 Å². The summed E-state index contributed by atoms with van der Waals surface area (Å²) < 4.78 is 5.39. The van der Waals surface area contributed by atoms with Gasteiger partial charge in [0.1, 0.15) is 0 Å². The minimum atomic E-state index is -0.213. The summed E-state index contributed by atoms with van der Waals surface area (Å²) in [5.74, 6) is -0.0745. The van der Waals surface area contributed by atoms with Gasteiger partial charge in [0.15, 0.2) is 0 Å². The average Bonchev–Trinajstić information content (AvgIpc) is 2.79. The Kier molecular flexibility index (Phi) is 3.70. The van der Waals surface area contributed by atoms with Crippen molar-refractivity contribution in [2.24, 2.45) is 0 Å². The molecular weight excluding hydrogens is 246 g/mol. The number of ether oxygens (including phenoxy) is 1. The highest BCUT2D eigenvalue weighted by Crippen LogP contribution is 2.23. The van der Waals surface area contributed by atoms with E-state index in [4.69, 9.17) is 4.74 Å². The maximum absolute atomic E-state index is 11.7. The molecule has 3 heterocycles. The molecule has 0 atom stereocenters. The van der Waals surface area contributed by atoms with Gasteiger partial charge in [-0.3, -0.25) is 9.69 Å². The van der Waals surface area contributed by atoms with Crippen molar-refractivity contribution in [3.8, 4) is 0 Å². The monoisotopic (exact) mass is 267 g/mol. The second-order valence-electron chi connectivity index (χ2n) is 5.53. The highest BCUT2D eigenvalue weighted by Gasteiger charge is 2.37. The van der Waals surface area contributed by atoms with Gasteiger partial charge in [0.25, 0.3) is 0 Å². The Morgan fingerprint density at radius 2 is 1.68 bits per heavy atom. The van der Waals surface area contributed by atoms with Gasteiger partial charge in [0.2, 0.25) is 5.91 Å². The fraction of sp³-hybridized carbons (Fsp3) is 0.846. The maximum atomic E-state index is 11.7. The van der Waals surface area contributed by atoms with Crippen molar-refractivity contribution in [1.82, 2.24) is 15.1 Å². The van der Waals surface area contributed by atoms with Gasteiger partial charge in [-0.05, 0) is 25.7 Å². The third-order valence-electron chi connectivity index (χ3n) is 4.45. The second kappa shape index (κ2) is 5.46. The number of carbonyl (C=O) groups excluding carboxylic acids is 2. The molecule has 0 aromatic rings. The Morgan fingerprint density at radius 3 is 2.26 bits per heavy atom. The van der Waals surface area contributed by atoms with Crippen LogP contribution in [-0.2, 0) is 9.53 Å². The zero-order valence-corrected chi connectivity index (χ0v) is 11.1. The van der Waals surface area contributed by atoms with Crippen molar-refractivity contribution in [2.45, 2.75) is 37.8 Å². The van der Waals surface area contributed by atoms with Crippen LogP contribution in [0.15, 0.2) is 0 Å². The lowest BCUT2D eigenvalue weighted by molar-refractivity contribution is -0.127. The number of imide groups is 1. The molecule has 3 amide bonds. The van der Waals surface area contributed by atoms with Crippen molar-refractivity contribution in [3.63, 3.8) is 0 Å². The molecule has 0 bridgehead atoms. The molecule has 3 rings (SSSR count). The van der Waals surface area contributed by atoms with E-state index >= 15 is 0 Å². The van der Waals surface area contributed by atoms with Crippen LogP contribution in [0.1, 0.15) is 25.7 Å². The largest absolute Gasteiger partial charge is 0.381 e. The lowest BCUT2D eigenvalue weighted by Gasteiger charge is -2.40. The number of rotatable bonds is 2. The Labute approximate surface area is 113 Å². The molecule has 0 radical (unpaired) electrons. The molecule has 0 aromatic carbocycles. The molecule has 3 aliphatic rings. The normalized spacial score (nSPS) is 27.9. The van der Waals surface area contributed by atoms with Crippen LogP contribution < -0.4 is 5.32 Å². The molecule has 0 unspecified atom stereocenters. The number of likely N-dealkylation sites (tertiary alicyclic amines) is 1. The predicted octanol–water partition coefficient (Wildman–Crippen LogP) is 0.182. The van der Waals surface area contributed by atoms with E-state index in [0.717, 1.165) is 52.0 Å². The van der Waals surface area contributed by atoms with Crippen molar-refractivity contribution >= 4 is 11.9 Å². The lowest BCUT2D eigenvalue weighted by Crippen LogP contribution is -2.51. The van der Waals surface area contributed by atoms with Gasteiger partial charge in [0.05, 0.1) is 6.54 Å². The van der Waals surface area contributed by atoms with Gasteiger partial charge in [-0.25, -0.2) is 4.79 Å². The number of amides is 3. The van der Waals surface area contributed by atoms with Crippen LogP contribution in [0.2, 0.25) is 0 Å². The van der Waals surface area contributed by atoms with E-state index in [9.17, 15) is 9.59 Å². The number of nitrogens with zero attached hydrogens (tertiary/aromatic N) is 2. The van der Waals surface area contributed by atoms with E-state index in [1.807, 2.05) is 0 Å². The predicted molar refractivity (Wildman–Crippen MR) is 68.7 cm³/mol. The number of carbonyl (C=O) groups is 2. The van der Waals surface area contributed by atoms with Gasteiger partial charge < -0.3 is 15.0 Å². The third-order valence-corrected chi connectivity index (χ3v) is 4.45. The Hall–Kier alpha value is -1.14. The molecular formula is C13H21N3O3. The summed E-state index contributed by atoms with van der Waals surface area (Å²) in [6.45, 7) is 3.84. The van der Waals surface area contributed by atoms with E-state index < -0.39 is 0 Å². The summed E-state index contributed by atoms with van der Waals surface area (Å²) in [6, 6.07) is 0.499. The number of urea groups is 1. The van der Waals surface area contributed by atoms with Gasteiger partial charge in [-0.2, -0.15) is 0 Å². The summed E-state index contributed by atoms with van der Waals surface area (Å²) in [4.78, 5) is 27.2. The molecule has 19 heavy (non-hydrogen) atoms. The minimum Gasteiger partial charge on any atom is -0.381 e. The molecule has 106 valence electrons. The van der Waals surface area contributed by atoms with Gasteiger partial charge in [-0.1, -0.05) is 0 Å².